The fourth-order valence-electron chi connectivity index (χ4n) is 2.18. The summed E-state index contributed by atoms with van der Waals surface area (Å²) in [4.78, 5) is 12.0. The van der Waals surface area contributed by atoms with Crippen LogP contribution in [0.25, 0.3) is 0 Å². The predicted octanol–water partition coefficient (Wildman–Crippen LogP) is 4.39. The topological polar surface area (TPSA) is 59.3 Å². The van der Waals surface area contributed by atoms with Crippen molar-refractivity contribution in [2.24, 2.45) is 5.41 Å². The summed E-state index contributed by atoms with van der Waals surface area (Å²) in [6.07, 6.45) is 0.724. The van der Waals surface area contributed by atoms with Gasteiger partial charge in [-0.05, 0) is 44.0 Å². The molecule has 0 spiro atoms. The average molecular weight is 307 g/mol. The van der Waals surface area contributed by atoms with E-state index in [0.717, 1.165) is 12.8 Å². The van der Waals surface area contributed by atoms with E-state index in [0.29, 0.717) is 17.1 Å². The summed E-state index contributed by atoms with van der Waals surface area (Å²) in [5, 5.41) is 9.33. The molecule has 0 aliphatic heterocycles. The summed E-state index contributed by atoms with van der Waals surface area (Å²) in [6, 6.07) is 18.5. The molecule has 0 heterocycles. The van der Waals surface area contributed by atoms with Gasteiger partial charge in [0.05, 0.1) is 5.41 Å². The number of hydrogen-bond donors (Lipinski definition) is 0. The molecule has 0 amide bonds. The molecule has 3 rings (SSSR count). The summed E-state index contributed by atoms with van der Waals surface area (Å²) >= 11 is 0. The number of carbonyl (C=O) groups excluding carboxylic acids is 1. The molecule has 1 aliphatic rings. The van der Waals surface area contributed by atoms with E-state index >= 15 is 0 Å². The predicted molar refractivity (Wildman–Crippen MR) is 84.7 cm³/mol. The molecule has 0 aromatic heterocycles. The van der Waals surface area contributed by atoms with Crippen molar-refractivity contribution in [3.8, 4) is 17.6 Å². The van der Waals surface area contributed by atoms with Gasteiger partial charge in [-0.3, -0.25) is 4.79 Å². The maximum absolute atomic E-state index is 12.0. The molecule has 0 saturated heterocycles. The van der Waals surface area contributed by atoms with Crippen LogP contribution in [0.3, 0.4) is 0 Å². The summed E-state index contributed by atoms with van der Waals surface area (Å²) in [6.45, 7) is 1.86. The van der Waals surface area contributed by atoms with Gasteiger partial charge in [-0.2, -0.15) is 5.26 Å². The van der Waals surface area contributed by atoms with Crippen molar-refractivity contribution in [1.29, 1.82) is 5.26 Å². The zero-order valence-corrected chi connectivity index (χ0v) is 12.9. The summed E-state index contributed by atoms with van der Waals surface area (Å²) in [7, 11) is 0. The number of carbonyl (C=O) groups is 1. The van der Waals surface area contributed by atoms with Crippen molar-refractivity contribution in [3.05, 3.63) is 60.2 Å². The van der Waals surface area contributed by atoms with E-state index in [1.165, 1.54) is 0 Å². The van der Waals surface area contributed by atoms with Crippen LogP contribution in [-0.2, 0) is 9.53 Å². The van der Waals surface area contributed by atoms with Crippen LogP contribution >= 0.6 is 0 Å². The van der Waals surface area contributed by atoms with Crippen LogP contribution in [0.15, 0.2) is 54.6 Å². The molecule has 116 valence electrons. The number of esters is 1. The van der Waals surface area contributed by atoms with Crippen molar-refractivity contribution in [1.82, 2.24) is 0 Å². The first-order chi connectivity index (χ1) is 11.1. The molecule has 2 aromatic rings. The molecule has 4 heteroatoms. The van der Waals surface area contributed by atoms with Crippen LogP contribution in [-0.4, -0.2) is 5.97 Å². The van der Waals surface area contributed by atoms with Crippen LogP contribution in [0.1, 0.15) is 31.4 Å². The number of benzene rings is 2. The summed E-state index contributed by atoms with van der Waals surface area (Å²) in [5.41, 5.74) is 0.200. The Hall–Kier alpha value is -2.80. The second kappa shape index (κ2) is 6.13. The van der Waals surface area contributed by atoms with E-state index in [1.807, 2.05) is 43.3 Å². The first-order valence-corrected chi connectivity index (χ1v) is 7.54. The maximum atomic E-state index is 12.0. The maximum Gasteiger partial charge on any atom is 0.313 e. The number of nitrogens with zero attached hydrogens (tertiary/aromatic N) is 1. The molecule has 0 bridgehead atoms. The first-order valence-electron chi connectivity index (χ1n) is 7.54. The van der Waals surface area contributed by atoms with Gasteiger partial charge in [0, 0.05) is 5.56 Å². The van der Waals surface area contributed by atoms with Gasteiger partial charge >= 0.3 is 5.97 Å². The fraction of sp³-hybridized carbons (Fsp3) is 0.263. The van der Waals surface area contributed by atoms with Gasteiger partial charge in [-0.25, -0.2) is 0 Å². The van der Waals surface area contributed by atoms with Crippen molar-refractivity contribution < 1.29 is 14.3 Å². The van der Waals surface area contributed by atoms with Crippen LogP contribution in [0.4, 0.5) is 0 Å². The van der Waals surface area contributed by atoms with E-state index < -0.39 is 11.5 Å². The molecule has 23 heavy (non-hydrogen) atoms. The van der Waals surface area contributed by atoms with Crippen molar-refractivity contribution in [3.63, 3.8) is 0 Å². The molecule has 0 N–H and O–H groups in total. The minimum Gasteiger partial charge on any atom is -0.457 e. The third-order valence-electron chi connectivity index (χ3n) is 3.97. The minimum absolute atomic E-state index is 0.307. The Morgan fingerprint density at radius 2 is 1.83 bits per heavy atom. The second-order valence-electron chi connectivity index (χ2n) is 5.96. The van der Waals surface area contributed by atoms with E-state index in [1.54, 1.807) is 24.3 Å². The Labute approximate surface area is 135 Å². The zero-order chi connectivity index (χ0) is 16.3. The SMILES string of the molecule is CC1(C(=O)O[C@@H](C#N)c2cccc(Oc3ccccc3)c2)CC1. The molecule has 0 unspecified atom stereocenters. The Morgan fingerprint density at radius 1 is 1.13 bits per heavy atom. The number of ether oxygens (including phenoxy) is 2. The Kier molecular flexibility index (Phi) is 4.03. The number of para-hydroxylation sites is 1. The molecule has 0 radical (unpaired) electrons. The lowest BCUT2D eigenvalue weighted by Crippen LogP contribution is -2.18. The molecule has 4 nitrogen and oxygen atoms in total. The standard InChI is InChI=1S/C19H17NO3/c1-19(10-11-19)18(21)23-17(13-20)14-6-5-9-16(12-14)22-15-7-3-2-4-8-15/h2-9,12,17H,10-11H2,1H3/t17-/m0/s1. The summed E-state index contributed by atoms with van der Waals surface area (Å²) in [5.74, 6) is 1.00. The molecule has 1 atom stereocenters. The van der Waals surface area contributed by atoms with E-state index in [-0.39, 0.29) is 5.97 Å². The molecule has 2 aromatic carbocycles. The smallest absolute Gasteiger partial charge is 0.313 e. The quantitative estimate of drug-likeness (QED) is 0.769. The van der Waals surface area contributed by atoms with Gasteiger partial charge in [0.25, 0.3) is 0 Å². The number of rotatable bonds is 5. The molecular formula is C19H17NO3. The van der Waals surface area contributed by atoms with E-state index in [2.05, 4.69) is 0 Å². The van der Waals surface area contributed by atoms with Gasteiger partial charge in [0.1, 0.15) is 17.6 Å². The molecular weight excluding hydrogens is 290 g/mol. The third kappa shape index (κ3) is 3.51. The Morgan fingerprint density at radius 3 is 2.48 bits per heavy atom. The van der Waals surface area contributed by atoms with Crippen LogP contribution < -0.4 is 4.74 Å². The van der Waals surface area contributed by atoms with Crippen LogP contribution in [0, 0.1) is 16.7 Å². The highest BCUT2D eigenvalue weighted by atomic mass is 16.5. The highest BCUT2D eigenvalue weighted by Gasteiger charge is 2.47. The van der Waals surface area contributed by atoms with E-state index in [9.17, 15) is 10.1 Å². The largest absolute Gasteiger partial charge is 0.457 e. The highest BCUT2D eigenvalue weighted by Crippen LogP contribution is 2.46. The minimum atomic E-state index is -0.917. The average Bonchev–Trinajstić information content (AvgIpc) is 3.32. The van der Waals surface area contributed by atoms with Crippen LogP contribution in [0.2, 0.25) is 0 Å². The second-order valence-corrected chi connectivity index (χ2v) is 5.96. The van der Waals surface area contributed by atoms with Gasteiger partial charge in [0.2, 0.25) is 6.10 Å². The van der Waals surface area contributed by atoms with Gasteiger partial charge in [-0.1, -0.05) is 30.3 Å². The third-order valence-corrected chi connectivity index (χ3v) is 3.97. The highest BCUT2D eigenvalue weighted by molar-refractivity contribution is 5.79. The molecule has 1 fully saturated rings. The molecule has 1 aliphatic carbocycles. The van der Waals surface area contributed by atoms with Crippen molar-refractivity contribution in [2.45, 2.75) is 25.9 Å². The van der Waals surface area contributed by atoms with Gasteiger partial charge in [0.15, 0.2) is 0 Å². The van der Waals surface area contributed by atoms with E-state index in [4.69, 9.17) is 9.47 Å². The number of hydrogen-bond acceptors (Lipinski definition) is 4. The zero-order valence-electron chi connectivity index (χ0n) is 12.9. The monoisotopic (exact) mass is 307 g/mol. The summed E-state index contributed by atoms with van der Waals surface area (Å²) < 4.78 is 11.1. The fourth-order valence-corrected chi connectivity index (χ4v) is 2.18. The molecule has 1 saturated carbocycles. The Bertz CT molecular complexity index is 745. The lowest BCUT2D eigenvalue weighted by atomic mass is 10.1. The normalized spacial score (nSPS) is 16.0. The van der Waals surface area contributed by atoms with Crippen LogP contribution in [0.5, 0.6) is 11.5 Å². The van der Waals surface area contributed by atoms with Crippen molar-refractivity contribution >= 4 is 5.97 Å². The van der Waals surface area contributed by atoms with Gasteiger partial charge in [-0.15, -0.1) is 0 Å². The van der Waals surface area contributed by atoms with Crippen molar-refractivity contribution in [2.75, 3.05) is 0 Å². The van der Waals surface area contributed by atoms with Gasteiger partial charge < -0.3 is 9.47 Å². The lowest BCUT2D eigenvalue weighted by Gasteiger charge is -2.15. The first kappa shape index (κ1) is 15.1. The number of nitriles is 1. The lowest BCUT2D eigenvalue weighted by molar-refractivity contribution is -0.152. The Balaban J connectivity index is 1.75.